The van der Waals surface area contributed by atoms with Gasteiger partial charge in [0.2, 0.25) is 0 Å². The number of carbonyl (C=O) groups excluding carboxylic acids is 1. The number of hydrogen-bond donors (Lipinski definition) is 0. The van der Waals surface area contributed by atoms with Gasteiger partial charge in [0.25, 0.3) is 0 Å². The molecule has 0 spiro atoms. The maximum absolute atomic E-state index is 14.0. The van der Waals surface area contributed by atoms with Gasteiger partial charge in [0.05, 0.1) is 6.42 Å². The highest BCUT2D eigenvalue weighted by atomic mass is 32.2. The third-order valence-electron chi connectivity index (χ3n) is 4.79. The van der Waals surface area contributed by atoms with E-state index in [1.54, 1.807) is 0 Å². The van der Waals surface area contributed by atoms with Gasteiger partial charge >= 0.3 is 5.97 Å². The Hall–Kier alpha value is -2.72. The third-order valence-corrected chi connectivity index (χ3v) is 6.76. The number of carbonyl (C=O) groups is 1. The minimum Gasteiger partial charge on any atom is -0.460 e. The molecule has 1 unspecified atom stereocenters. The Morgan fingerprint density at radius 3 is 1.43 bits per heavy atom. The molecule has 0 heterocycles. The largest absolute Gasteiger partial charge is 0.460 e. The Kier molecular flexibility index (Phi) is 6.88. The van der Waals surface area contributed by atoms with Crippen molar-refractivity contribution >= 4 is 16.8 Å². The van der Waals surface area contributed by atoms with Crippen LogP contribution in [0.2, 0.25) is 0 Å². The molecule has 0 radical (unpaired) electrons. The molecule has 4 heteroatoms. The highest BCUT2D eigenvalue weighted by molar-refractivity contribution is 7.86. The minimum atomic E-state index is -1.42. The average Bonchev–Trinajstić information content (AvgIpc) is 2.74. The molecule has 0 aliphatic rings. The van der Waals surface area contributed by atoms with Crippen LogP contribution in [0.15, 0.2) is 91.0 Å². The molecule has 156 valence electrons. The van der Waals surface area contributed by atoms with Gasteiger partial charge in [0, 0.05) is 16.6 Å². The summed E-state index contributed by atoms with van der Waals surface area (Å²) >= 11 is 0. The van der Waals surface area contributed by atoms with Crippen molar-refractivity contribution < 1.29 is 13.7 Å². The minimum absolute atomic E-state index is 0.0954. The number of rotatable bonds is 7. The average molecular weight is 421 g/mol. The normalized spacial score (nSPS) is 12.9. The molecule has 3 aromatic rings. The Balaban J connectivity index is 2.09. The molecule has 3 nitrogen and oxygen atoms in total. The molecular weight excluding hydrogens is 392 g/mol. The molecule has 0 fully saturated rings. The first-order valence-corrected chi connectivity index (χ1v) is 11.4. The monoisotopic (exact) mass is 420 g/mol. The first-order chi connectivity index (χ1) is 14.3. The Morgan fingerprint density at radius 2 is 1.10 bits per heavy atom. The maximum atomic E-state index is 14.0. The van der Waals surface area contributed by atoms with Crippen molar-refractivity contribution in [2.24, 2.45) is 0 Å². The summed E-state index contributed by atoms with van der Waals surface area (Å²) in [5.74, 6) is -0.132. The van der Waals surface area contributed by atoms with E-state index in [0.29, 0.717) is 0 Å². The number of benzene rings is 3. The van der Waals surface area contributed by atoms with Gasteiger partial charge in [-0.15, -0.1) is 0 Å². The molecule has 3 aromatic carbocycles. The summed E-state index contributed by atoms with van der Waals surface area (Å²) in [4.78, 5) is 12.3. The van der Waals surface area contributed by atoms with Crippen molar-refractivity contribution in [1.82, 2.24) is 0 Å². The van der Waals surface area contributed by atoms with Crippen molar-refractivity contribution in [3.05, 3.63) is 108 Å². The second kappa shape index (κ2) is 9.40. The first-order valence-electron chi connectivity index (χ1n) is 10.1. The first kappa shape index (κ1) is 22.0. The summed E-state index contributed by atoms with van der Waals surface area (Å²) in [7, 11) is -1.42. The predicted molar refractivity (Wildman–Crippen MR) is 123 cm³/mol. The number of esters is 1. The highest BCUT2D eigenvalue weighted by Gasteiger charge is 2.42. The molecule has 3 rings (SSSR count). The van der Waals surface area contributed by atoms with E-state index in [9.17, 15) is 9.00 Å². The maximum Gasteiger partial charge on any atom is 0.307 e. The van der Waals surface area contributed by atoms with E-state index in [-0.39, 0.29) is 18.1 Å². The topological polar surface area (TPSA) is 43.4 Å². The molecule has 0 aliphatic heterocycles. The van der Waals surface area contributed by atoms with Crippen LogP contribution >= 0.6 is 0 Å². The lowest BCUT2D eigenvalue weighted by Gasteiger charge is -2.35. The number of hydrogen-bond acceptors (Lipinski definition) is 3. The molecule has 1 atom stereocenters. The SMILES string of the molecule is CC(C)(C)OC(=O)CCS(=O)C(c1ccccc1)(c1ccccc1)c1ccccc1. The second-order valence-corrected chi connectivity index (χ2v) is 9.88. The highest BCUT2D eigenvalue weighted by Crippen LogP contribution is 2.42. The van der Waals surface area contributed by atoms with Crippen LogP contribution in [0.4, 0.5) is 0 Å². The summed E-state index contributed by atoms with van der Waals surface area (Å²) in [5, 5.41) is 0. The van der Waals surface area contributed by atoms with Gasteiger partial charge < -0.3 is 4.74 Å². The van der Waals surface area contributed by atoms with Crippen LogP contribution in [0.5, 0.6) is 0 Å². The van der Waals surface area contributed by atoms with Crippen LogP contribution in [0.1, 0.15) is 43.9 Å². The van der Waals surface area contributed by atoms with E-state index in [4.69, 9.17) is 4.74 Å². The zero-order valence-corrected chi connectivity index (χ0v) is 18.5. The molecule has 0 N–H and O–H groups in total. The fraction of sp³-hybridized carbons (Fsp3) is 0.269. The molecule has 0 amide bonds. The van der Waals surface area contributed by atoms with Crippen molar-refractivity contribution in [1.29, 1.82) is 0 Å². The van der Waals surface area contributed by atoms with Gasteiger partial charge in [0.1, 0.15) is 10.3 Å². The fourth-order valence-electron chi connectivity index (χ4n) is 3.63. The zero-order valence-electron chi connectivity index (χ0n) is 17.7. The number of ether oxygens (including phenoxy) is 1. The van der Waals surface area contributed by atoms with Crippen LogP contribution < -0.4 is 0 Å². The summed E-state index contributed by atoms with van der Waals surface area (Å²) in [6.45, 7) is 5.51. The van der Waals surface area contributed by atoms with E-state index in [1.165, 1.54) is 0 Å². The van der Waals surface area contributed by atoms with E-state index in [2.05, 4.69) is 0 Å². The van der Waals surface area contributed by atoms with E-state index in [0.717, 1.165) is 16.7 Å². The smallest absolute Gasteiger partial charge is 0.307 e. The lowest BCUT2D eigenvalue weighted by atomic mass is 9.84. The predicted octanol–water partition coefficient (Wildman–Crippen LogP) is 5.46. The van der Waals surface area contributed by atoms with Gasteiger partial charge in [-0.3, -0.25) is 9.00 Å². The van der Waals surface area contributed by atoms with E-state index >= 15 is 0 Å². The fourth-order valence-corrected chi connectivity index (χ4v) is 5.49. The van der Waals surface area contributed by atoms with Crippen LogP contribution in [-0.4, -0.2) is 21.5 Å². The lowest BCUT2D eigenvalue weighted by Crippen LogP contribution is -2.36. The Labute approximate surface area is 181 Å². The van der Waals surface area contributed by atoms with Crippen LogP contribution in [0.25, 0.3) is 0 Å². The van der Waals surface area contributed by atoms with Gasteiger partial charge in [0.15, 0.2) is 0 Å². The Bertz CT molecular complexity index is 880. The van der Waals surface area contributed by atoms with Gasteiger partial charge in [-0.1, -0.05) is 91.0 Å². The zero-order chi connectivity index (χ0) is 21.6. The quantitative estimate of drug-likeness (QED) is 0.377. The second-order valence-electron chi connectivity index (χ2n) is 8.17. The molecule has 0 aromatic heterocycles. The van der Waals surface area contributed by atoms with Gasteiger partial charge in [-0.05, 0) is 37.5 Å². The summed E-state index contributed by atoms with van der Waals surface area (Å²) in [5.41, 5.74) is 2.24. The van der Waals surface area contributed by atoms with E-state index in [1.807, 2.05) is 112 Å². The molecule has 0 bridgehead atoms. The van der Waals surface area contributed by atoms with Crippen molar-refractivity contribution in [3.8, 4) is 0 Å². The molecule has 0 saturated heterocycles. The van der Waals surface area contributed by atoms with Gasteiger partial charge in [-0.2, -0.15) is 0 Å². The Morgan fingerprint density at radius 1 is 0.733 bits per heavy atom. The molecule has 0 aliphatic carbocycles. The molecule has 0 saturated carbocycles. The van der Waals surface area contributed by atoms with E-state index < -0.39 is 21.1 Å². The molecule has 30 heavy (non-hydrogen) atoms. The molecular formula is C26H28O3S. The summed E-state index contributed by atoms with van der Waals surface area (Å²) < 4.78 is 18.6. The van der Waals surface area contributed by atoms with Crippen molar-refractivity contribution in [2.45, 2.75) is 37.5 Å². The summed E-state index contributed by atoms with van der Waals surface area (Å²) in [6, 6.07) is 29.6. The van der Waals surface area contributed by atoms with Crippen molar-refractivity contribution in [2.75, 3.05) is 5.75 Å². The van der Waals surface area contributed by atoms with Crippen LogP contribution in [0, 0.1) is 0 Å². The summed E-state index contributed by atoms with van der Waals surface area (Å²) in [6.07, 6.45) is 0.0954. The standard InChI is InChI=1S/C26H28O3S/c1-25(2,3)29-24(27)19-20-30(28)26(21-13-7-4-8-14-21,22-15-9-5-10-16-22)23-17-11-6-12-18-23/h4-18H,19-20H2,1-3H3. The van der Waals surface area contributed by atoms with Crippen LogP contribution in [0.3, 0.4) is 0 Å². The van der Waals surface area contributed by atoms with Crippen molar-refractivity contribution in [3.63, 3.8) is 0 Å². The van der Waals surface area contributed by atoms with Crippen LogP contribution in [-0.2, 0) is 25.1 Å². The lowest BCUT2D eigenvalue weighted by molar-refractivity contribution is -0.154. The third kappa shape index (κ3) is 4.88. The van der Waals surface area contributed by atoms with Gasteiger partial charge in [-0.25, -0.2) is 0 Å².